The van der Waals surface area contributed by atoms with Crippen LogP contribution in [0.15, 0.2) is 35.3 Å². The maximum Gasteiger partial charge on any atom is 0.334 e. The smallest absolute Gasteiger partial charge is 0.334 e. The number of allylic oxidation sites excluding steroid dienone is 2. The molecular formula is C18H19Cl2N3O2. The van der Waals surface area contributed by atoms with Crippen molar-refractivity contribution in [3.63, 3.8) is 0 Å². The third-order valence-corrected chi connectivity index (χ3v) is 4.81. The van der Waals surface area contributed by atoms with Crippen LogP contribution in [-0.2, 0) is 4.79 Å². The van der Waals surface area contributed by atoms with Crippen molar-refractivity contribution in [1.29, 1.82) is 0 Å². The number of benzene rings is 1. The van der Waals surface area contributed by atoms with Gasteiger partial charge < -0.3 is 14.9 Å². The van der Waals surface area contributed by atoms with Gasteiger partial charge in [0, 0.05) is 13.1 Å². The van der Waals surface area contributed by atoms with Crippen molar-refractivity contribution in [2.75, 3.05) is 22.9 Å². The Bertz CT molecular complexity index is 770. The maximum absolute atomic E-state index is 11.4. The molecule has 0 fully saturated rings. The van der Waals surface area contributed by atoms with Crippen molar-refractivity contribution < 1.29 is 9.90 Å². The molecular weight excluding hydrogens is 361 g/mol. The Balaban J connectivity index is 2.68. The fraction of sp³-hybridized carbons (Fsp3) is 0.333. The van der Waals surface area contributed by atoms with Crippen LogP contribution in [0.4, 0.5) is 11.4 Å². The van der Waals surface area contributed by atoms with Crippen molar-refractivity contribution in [3.05, 3.63) is 56.8 Å². The van der Waals surface area contributed by atoms with E-state index < -0.39 is 5.97 Å². The lowest BCUT2D eigenvalue weighted by molar-refractivity contribution is -0.132. The highest BCUT2D eigenvalue weighted by Crippen LogP contribution is 2.45. The van der Waals surface area contributed by atoms with Gasteiger partial charge in [-0.3, -0.25) is 4.79 Å². The van der Waals surface area contributed by atoms with Crippen LogP contribution in [-0.4, -0.2) is 24.2 Å². The zero-order valence-electron chi connectivity index (χ0n) is 14.3. The molecule has 0 atom stereocenters. The van der Waals surface area contributed by atoms with Gasteiger partial charge in [-0.2, -0.15) is 0 Å². The first-order valence-electron chi connectivity index (χ1n) is 7.99. The number of carboxylic acid groups (broad SMARTS) is 1. The molecule has 0 unspecified atom stereocenters. The lowest BCUT2D eigenvalue weighted by atomic mass is 10.1. The number of rotatable bonds is 5. The minimum absolute atomic E-state index is 0.255. The monoisotopic (exact) mass is 379 g/mol. The topological polar surface area (TPSA) is 48.1 Å². The van der Waals surface area contributed by atoms with Gasteiger partial charge in [0.25, 0.3) is 5.70 Å². The summed E-state index contributed by atoms with van der Waals surface area (Å²) < 4.78 is 0. The molecule has 0 aromatic heterocycles. The van der Waals surface area contributed by atoms with Gasteiger partial charge in [-0.05, 0) is 44.1 Å². The van der Waals surface area contributed by atoms with E-state index in [2.05, 4.69) is 4.85 Å². The van der Waals surface area contributed by atoms with Gasteiger partial charge >= 0.3 is 5.97 Å². The van der Waals surface area contributed by atoms with Gasteiger partial charge in [-0.1, -0.05) is 30.1 Å². The average Bonchev–Trinajstić information content (AvgIpc) is 2.86. The molecule has 1 N–H and O–H groups in total. The van der Waals surface area contributed by atoms with Crippen LogP contribution in [0.5, 0.6) is 0 Å². The molecule has 5 nitrogen and oxygen atoms in total. The molecule has 0 aliphatic carbocycles. The summed E-state index contributed by atoms with van der Waals surface area (Å²) in [6.07, 6.45) is 2.22. The van der Waals surface area contributed by atoms with Crippen LogP contribution in [0.3, 0.4) is 0 Å². The molecule has 1 aliphatic heterocycles. The van der Waals surface area contributed by atoms with Gasteiger partial charge in [-0.15, -0.1) is 0 Å². The summed E-state index contributed by atoms with van der Waals surface area (Å²) in [6, 6.07) is 3.63. The second-order valence-electron chi connectivity index (χ2n) is 5.39. The number of halogens is 2. The predicted octanol–water partition coefficient (Wildman–Crippen LogP) is 5.17. The lowest BCUT2D eigenvalue weighted by Gasteiger charge is -2.24. The standard InChI is InChI=1S/C18H19Cl2N3O2/c1-5-11(17(21-4)18(24)25)8-16-22(6-2)14-9-12(19)13(20)10-15(14)23(16)7-3/h8-10H,5-7H2,1-3H3,(H,24,25). The molecule has 25 heavy (non-hydrogen) atoms. The highest BCUT2D eigenvalue weighted by Gasteiger charge is 2.31. The third-order valence-electron chi connectivity index (χ3n) is 4.09. The fourth-order valence-electron chi connectivity index (χ4n) is 2.92. The van der Waals surface area contributed by atoms with Crippen LogP contribution in [0.2, 0.25) is 10.0 Å². The molecule has 0 saturated heterocycles. The van der Waals surface area contributed by atoms with Crippen LogP contribution < -0.4 is 9.80 Å². The van der Waals surface area contributed by atoms with Crippen LogP contribution >= 0.6 is 23.2 Å². The molecule has 0 spiro atoms. The van der Waals surface area contributed by atoms with Gasteiger partial charge in [0.2, 0.25) is 0 Å². The van der Waals surface area contributed by atoms with Crippen LogP contribution in [0, 0.1) is 6.57 Å². The van der Waals surface area contributed by atoms with E-state index >= 15 is 0 Å². The third kappa shape index (κ3) is 3.46. The van der Waals surface area contributed by atoms with E-state index in [1.165, 1.54) is 0 Å². The summed E-state index contributed by atoms with van der Waals surface area (Å²) in [5.74, 6) is -0.394. The number of anilines is 2. The quantitative estimate of drug-likeness (QED) is 0.566. The van der Waals surface area contributed by atoms with Crippen molar-refractivity contribution in [2.45, 2.75) is 27.2 Å². The van der Waals surface area contributed by atoms with Gasteiger partial charge in [0.1, 0.15) is 5.82 Å². The largest absolute Gasteiger partial charge is 0.486 e. The first-order chi connectivity index (χ1) is 11.9. The van der Waals surface area contributed by atoms with E-state index in [0.717, 1.165) is 17.2 Å². The molecule has 132 valence electrons. The van der Waals surface area contributed by atoms with E-state index in [4.69, 9.17) is 29.8 Å². The molecule has 0 saturated carbocycles. The molecule has 0 amide bonds. The molecule has 1 aliphatic rings. The van der Waals surface area contributed by atoms with Crippen molar-refractivity contribution in [2.24, 2.45) is 0 Å². The van der Waals surface area contributed by atoms with E-state index in [0.29, 0.717) is 35.1 Å². The fourth-order valence-corrected chi connectivity index (χ4v) is 3.24. The Morgan fingerprint density at radius 2 is 1.64 bits per heavy atom. The minimum Gasteiger partial charge on any atom is -0.486 e. The Kier molecular flexibility index (Phi) is 5.99. The number of hydrogen-bond acceptors (Lipinski definition) is 3. The van der Waals surface area contributed by atoms with Crippen molar-refractivity contribution in [1.82, 2.24) is 0 Å². The number of fused-ring (bicyclic) bond motifs is 1. The maximum atomic E-state index is 11.4. The number of hydrogen-bond donors (Lipinski definition) is 1. The molecule has 2 rings (SSSR count). The number of carboxylic acids is 1. The second-order valence-corrected chi connectivity index (χ2v) is 6.20. The molecule has 0 bridgehead atoms. The van der Waals surface area contributed by atoms with Crippen molar-refractivity contribution >= 4 is 40.5 Å². The SMILES string of the molecule is [C-]#[N+]C(C(=O)O)=C(C=C1N(CC)c2cc(Cl)c(Cl)cc2N1CC)CC. The van der Waals surface area contributed by atoms with Crippen LogP contribution in [0.25, 0.3) is 4.85 Å². The first-order valence-corrected chi connectivity index (χ1v) is 8.74. The van der Waals surface area contributed by atoms with Gasteiger partial charge in [0.05, 0.1) is 28.0 Å². The minimum atomic E-state index is -1.21. The summed E-state index contributed by atoms with van der Waals surface area (Å²) in [4.78, 5) is 18.6. The van der Waals surface area contributed by atoms with E-state index in [-0.39, 0.29) is 5.70 Å². The predicted molar refractivity (Wildman–Crippen MR) is 102 cm³/mol. The summed E-state index contributed by atoms with van der Waals surface area (Å²) in [5.41, 5.74) is 2.06. The lowest BCUT2D eigenvalue weighted by Crippen LogP contribution is -2.28. The Morgan fingerprint density at radius 1 is 1.16 bits per heavy atom. The number of carbonyl (C=O) groups is 1. The summed E-state index contributed by atoms with van der Waals surface area (Å²) >= 11 is 12.4. The van der Waals surface area contributed by atoms with Crippen LogP contribution in [0.1, 0.15) is 27.2 Å². The molecule has 7 heteroatoms. The normalized spacial score (nSPS) is 14.2. The Labute approximate surface area is 157 Å². The van der Waals surface area contributed by atoms with E-state index in [1.54, 1.807) is 6.08 Å². The molecule has 1 aromatic rings. The van der Waals surface area contributed by atoms with E-state index in [9.17, 15) is 9.90 Å². The zero-order chi connectivity index (χ0) is 18.7. The molecule has 0 radical (unpaired) electrons. The molecule has 1 aromatic carbocycles. The highest BCUT2D eigenvalue weighted by atomic mass is 35.5. The second kappa shape index (κ2) is 7.81. The summed E-state index contributed by atoms with van der Waals surface area (Å²) in [5, 5.41) is 10.2. The Hall–Kier alpha value is -2.16. The number of aliphatic carboxylic acids is 1. The van der Waals surface area contributed by atoms with Gasteiger partial charge in [0.15, 0.2) is 0 Å². The highest BCUT2D eigenvalue weighted by molar-refractivity contribution is 6.42. The van der Waals surface area contributed by atoms with Gasteiger partial charge in [-0.25, -0.2) is 4.85 Å². The average molecular weight is 380 g/mol. The summed E-state index contributed by atoms with van der Waals surface area (Å²) in [7, 11) is 0. The summed E-state index contributed by atoms with van der Waals surface area (Å²) in [6.45, 7) is 14.4. The first kappa shape index (κ1) is 19.2. The number of nitrogens with zero attached hydrogens (tertiary/aromatic N) is 3. The van der Waals surface area contributed by atoms with Crippen molar-refractivity contribution in [3.8, 4) is 0 Å². The molecule has 1 heterocycles. The Morgan fingerprint density at radius 3 is 1.96 bits per heavy atom. The zero-order valence-corrected chi connectivity index (χ0v) is 15.8. The van der Waals surface area contributed by atoms with E-state index in [1.807, 2.05) is 42.7 Å².